The van der Waals surface area contributed by atoms with Gasteiger partial charge in [0.15, 0.2) is 12.6 Å². The highest BCUT2D eigenvalue weighted by Gasteiger charge is 2.35. The summed E-state index contributed by atoms with van der Waals surface area (Å²) in [5, 5.41) is 1.59. The normalized spacial score (nSPS) is 20.3. The van der Waals surface area contributed by atoms with Crippen LogP contribution in [0.4, 0.5) is 0 Å². The number of benzene rings is 4. The van der Waals surface area contributed by atoms with Gasteiger partial charge in [0.25, 0.3) is 0 Å². The molecule has 2 aliphatic heterocycles. The first kappa shape index (κ1) is 54.4. The maximum Gasteiger partial charge on any atom is 0.337 e. The summed E-state index contributed by atoms with van der Waals surface area (Å²) >= 11 is 3.38. The first-order valence-corrected chi connectivity index (χ1v) is 28.3. The van der Waals surface area contributed by atoms with E-state index in [0.29, 0.717) is 16.9 Å². The lowest BCUT2D eigenvalue weighted by Gasteiger charge is -2.39. The molecular weight excluding hydrogens is 980 g/mol. The van der Waals surface area contributed by atoms with Crippen molar-refractivity contribution in [2.24, 2.45) is 5.41 Å². The van der Waals surface area contributed by atoms with Crippen LogP contribution in [0.1, 0.15) is 156 Å². The van der Waals surface area contributed by atoms with E-state index in [1.54, 1.807) is 43.8 Å². The van der Waals surface area contributed by atoms with Crippen LogP contribution in [0, 0.1) is 5.41 Å². The van der Waals surface area contributed by atoms with Gasteiger partial charge in [-0.1, -0.05) is 96.7 Å². The first-order valence-electron chi connectivity index (χ1n) is 26.0. The number of methoxy groups -OCH3 is 4. The van der Waals surface area contributed by atoms with E-state index in [0.717, 1.165) is 109 Å². The molecule has 0 radical (unpaired) electrons. The fraction of sp³-hybridized carbons (Fsp3) is 0.525. The van der Waals surface area contributed by atoms with E-state index < -0.39 is 0 Å². The minimum absolute atomic E-state index is 0.0697. The summed E-state index contributed by atoms with van der Waals surface area (Å²) in [6.45, 7) is 5.95. The van der Waals surface area contributed by atoms with Crippen LogP contribution < -0.4 is 24.3 Å². The highest BCUT2D eigenvalue weighted by molar-refractivity contribution is 9.10. The van der Waals surface area contributed by atoms with E-state index in [-0.39, 0.29) is 37.9 Å². The van der Waals surface area contributed by atoms with Crippen molar-refractivity contribution >= 4 is 46.7 Å². The Balaban J connectivity index is 0.000000161. The van der Waals surface area contributed by atoms with Crippen molar-refractivity contribution in [3.8, 4) is 34.1 Å². The lowest BCUT2D eigenvalue weighted by molar-refractivity contribution is -0.106. The van der Waals surface area contributed by atoms with E-state index in [1.165, 1.54) is 89.6 Å². The number of esters is 2. The van der Waals surface area contributed by atoms with E-state index in [2.05, 4.69) is 77.0 Å². The summed E-state index contributed by atoms with van der Waals surface area (Å²) in [7, 11) is 6.12. The zero-order chi connectivity index (χ0) is 50.2. The van der Waals surface area contributed by atoms with Crippen molar-refractivity contribution in [3.63, 3.8) is 0 Å². The summed E-state index contributed by atoms with van der Waals surface area (Å²) in [5.41, 5.74) is 7.55. The largest absolute Gasteiger partial charge is 0.496 e. The molecule has 4 fully saturated rings. The zero-order valence-electron chi connectivity index (χ0n) is 42.9. The number of carbonyl (C=O) groups excluding carboxylic acids is 2. The van der Waals surface area contributed by atoms with Crippen molar-refractivity contribution in [1.29, 1.82) is 0 Å². The summed E-state index contributed by atoms with van der Waals surface area (Å²) in [6.07, 6.45) is 24.4. The molecule has 384 valence electrons. The number of allylic oxidation sites excluding steroid dienone is 2. The van der Waals surface area contributed by atoms with Crippen molar-refractivity contribution in [3.05, 3.63) is 106 Å². The van der Waals surface area contributed by atoms with Gasteiger partial charge in [0.05, 0.1) is 62.8 Å². The Morgan fingerprint density at radius 2 is 1.10 bits per heavy atom. The molecule has 9 rings (SSSR count). The molecule has 5 aliphatic rings. The van der Waals surface area contributed by atoms with Crippen molar-refractivity contribution < 1.29 is 47.5 Å². The zero-order valence-corrected chi connectivity index (χ0v) is 45.4. The van der Waals surface area contributed by atoms with E-state index >= 15 is 0 Å². The summed E-state index contributed by atoms with van der Waals surface area (Å²) in [5.74, 6) is 2.60. The van der Waals surface area contributed by atoms with Gasteiger partial charge in [-0.05, 0) is 162 Å². The topological polar surface area (TPSA) is 108 Å². The van der Waals surface area contributed by atoms with Crippen LogP contribution in [0.15, 0.2) is 89.4 Å². The monoisotopic (exact) mass is 1050 g/mol. The molecule has 2 saturated heterocycles. The predicted molar refractivity (Wildman–Crippen MR) is 288 cm³/mol. The average Bonchev–Trinajstić information content (AvgIpc) is 3.78. The molecule has 0 spiro atoms. The van der Waals surface area contributed by atoms with Crippen LogP contribution in [0.5, 0.6) is 23.0 Å². The van der Waals surface area contributed by atoms with Gasteiger partial charge in [-0.3, -0.25) is 0 Å². The number of carbonyl (C=O) groups is 2. The molecule has 10 nitrogen and oxygen atoms in total. The molecule has 3 aliphatic carbocycles. The van der Waals surface area contributed by atoms with Gasteiger partial charge >= 0.3 is 11.9 Å². The van der Waals surface area contributed by atoms with Crippen LogP contribution >= 0.6 is 23.9 Å². The molecule has 0 N–H and O–H groups in total. The standard InChI is InChI=1S/C26H35O2P.C20H26O4.C13H15BrO4/c1-27-23-17-11-18-24(28-2)26(23)22-16-9-10-19-25(22)29(20-12-5-3-6-13-20)21-14-7-4-8-15-21;1-20(2)11-6-7-16(20)15-13-14(19(21)22-3)9-10-17(15)24-18-8-4-5-12-23-18;1-16-13(15)9-5-6-11(10(14)8-9)18-12-4-2-3-7-17-12/h9-11,16-21H,3-8,12-15H2,1-2H3;7,9-10,13,18H,4-6,8,11-12H2,1-3H3;5-6,8,12H,2-4,7H2,1H3. The molecule has 2 atom stereocenters. The van der Waals surface area contributed by atoms with Gasteiger partial charge in [-0.15, -0.1) is 0 Å². The van der Waals surface area contributed by atoms with Crippen molar-refractivity contribution in [2.75, 3.05) is 41.7 Å². The van der Waals surface area contributed by atoms with Gasteiger partial charge in [-0.25, -0.2) is 9.59 Å². The molecule has 2 saturated carbocycles. The van der Waals surface area contributed by atoms with Crippen LogP contribution in [0.2, 0.25) is 0 Å². The predicted octanol–water partition coefficient (Wildman–Crippen LogP) is 14.9. The molecule has 0 amide bonds. The van der Waals surface area contributed by atoms with E-state index in [1.807, 2.05) is 18.2 Å². The van der Waals surface area contributed by atoms with Gasteiger partial charge in [-0.2, -0.15) is 0 Å². The summed E-state index contributed by atoms with van der Waals surface area (Å²) in [6, 6.07) is 25.9. The molecule has 12 heteroatoms. The Hall–Kier alpha value is -4.41. The highest BCUT2D eigenvalue weighted by Crippen LogP contribution is 2.57. The van der Waals surface area contributed by atoms with Gasteiger partial charge in [0.1, 0.15) is 23.0 Å². The second-order valence-corrected chi connectivity index (χ2v) is 23.4. The van der Waals surface area contributed by atoms with E-state index in [4.69, 9.17) is 33.2 Å². The second-order valence-electron chi connectivity index (χ2n) is 19.8. The van der Waals surface area contributed by atoms with Crippen LogP contribution in [-0.4, -0.2) is 77.5 Å². The summed E-state index contributed by atoms with van der Waals surface area (Å²) < 4.78 is 44.9. The summed E-state index contributed by atoms with van der Waals surface area (Å²) in [4.78, 5) is 23.3. The maximum atomic E-state index is 11.9. The minimum atomic E-state index is -0.365. The van der Waals surface area contributed by atoms with Crippen LogP contribution in [-0.2, 0) is 18.9 Å². The van der Waals surface area contributed by atoms with Crippen molar-refractivity contribution in [2.45, 2.75) is 153 Å². The Labute approximate surface area is 432 Å². The lowest BCUT2D eigenvalue weighted by atomic mass is 9.81. The number of halogens is 1. The van der Waals surface area contributed by atoms with Crippen molar-refractivity contribution in [1.82, 2.24) is 0 Å². The fourth-order valence-corrected chi connectivity index (χ4v) is 15.1. The van der Waals surface area contributed by atoms with Crippen LogP contribution in [0.25, 0.3) is 16.7 Å². The maximum absolute atomic E-state index is 11.9. The number of ether oxygens (including phenoxy) is 8. The molecule has 2 heterocycles. The molecule has 4 aromatic rings. The molecule has 0 bridgehead atoms. The molecule has 2 unspecified atom stereocenters. The Morgan fingerprint density at radius 3 is 1.59 bits per heavy atom. The Bertz CT molecular complexity index is 2340. The molecule has 4 aromatic carbocycles. The quantitative estimate of drug-likeness (QED) is 0.0949. The van der Waals surface area contributed by atoms with Gasteiger partial charge < -0.3 is 37.9 Å². The number of rotatable bonds is 13. The lowest BCUT2D eigenvalue weighted by Crippen LogP contribution is -2.27. The van der Waals surface area contributed by atoms with E-state index in [9.17, 15) is 9.59 Å². The first-order chi connectivity index (χ1) is 34.5. The minimum Gasteiger partial charge on any atom is -0.496 e. The average molecular weight is 1060 g/mol. The Morgan fingerprint density at radius 1 is 0.577 bits per heavy atom. The van der Waals surface area contributed by atoms with Crippen LogP contribution in [0.3, 0.4) is 0 Å². The van der Waals surface area contributed by atoms with Gasteiger partial charge in [0, 0.05) is 18.4 Å². The Kier molecular flexibility index (Phi) is 20.7. The number of hydrogen-bond acceptors (Lipinski definition) is 10. The third-order valence-electron chi connectivity index (χ3n) is 14.5. The highest BCUT2D eigenvalue weighted by atomic mass is 79.9. The SMILES string of the molecule is COC(=O)c1ccc(OC2CCCCO2)c(Br)c1.COC(=O)c1ccc(OC2CCCCO2)c(C2=CCCC2(C)C)c1.COc1cccc(OC)c1-c1ccccc1P(C1CCCCC1)C1CCCCC1. The third kappa shape index (κ3) is 14.4. The second kappa shape index (κ2) is 27.0. The van der Waals surface area contributed by atoms with Gasteiger partial charge in [0.2, 0.25) is 0 Å². The third-order valence-corrected chi connectivity index (χ3v) is 18.7. The molecule has 71 heavy (non-hydrogen) atoms. The molecule has 0 aromatic heterocycles. The smallest absolute Gasteiger partial charge is 0.337 e. The number of hydrogen-bond donors (Lipinski definition) is 0. The molecular formula is C59H76BrO10P. The fourth-order valence-electron chi connectivity index (χ4n) is 10.7.